The van der Waals surface area contributed by atoms with E-state index in [1.165, 1.54) is 12.5 Å². The number of nitrogens with zero attached hydrogens (tertiary/aromatic N) is 4. The van der Waals surface area contributed by atoms with Gasteiger partial charge in [-0.1, -0.05) is 5.11 Å². The van der Waals surface area contributed by atoms with Crippen molar-refractivity contribution in [3.8, 4) is 0 Å². The van der Waals surface area contributed by atoms with Crippen molar-refractivity contribution < 1.29 is 14.3 Å². The Hall–Kier alpha value is -2.70. The Morgan fingerprint density at radius 3 is 2.67 bits per heavy atom. The highest BCUT2D eigenvalue weighted by molar-refractivity contribution is 5.94. The van der Waals surface area contributed by atoms with Crippen molar-refractivity contribution in [2.24, 2.45) is 10.2 Å². The molecule has 0 bridgehead atoms. The SMILES string of the molecule is CCN(CC)c1ccc(N=Nc2ncco2)c(C(=O)O)c1. The third-order valence-electron chi connectivity index (χ3n) is 3.00. The number of benzene rings is 1. The molecule has 1 aromatic carbocycles. The maximum Gasteiger partial charge on any atom is 0.340 e. The zero-order valence-electron chi connectivity index (χ0n) is 11.9. The molecule has 0 fully saturated rings. The lowest BCUT2D eigenvalue weighted by atomic mass is 10.1. The second kappa shape index (κ2) is 6.65. The molecule has 1 heterocycles. The lowest BCUT2D eigenvalue weighted by molar-refractivity contribution is 0.0697. The molecule has 1 N–H and O–H groups in total. The van der Waals surface area contributed by atoms with E-state index in [0.29, 0.717) is 0 Å². The zero-order chi connectivity index (χ0) is 15.2. The van der Waals surface area contributed by atoms with Crippen LogP contribution in [0.2, 0.25) is 0 Å². The van der Waals surface area contributed by atoms with Gasteiger partial charge in [0.15, 0.2) is 0 Å². The summed E-state index contributed by atoms with van der Waals surface area (Å²) in [5.41, 5.74) is 1.19. The largest absolute Gasteiger partial charge is 0.478 e. The fraction of sp³-hybridized carbons (Fsp3) is 0.286. The van der Waals surface area contributed by atoms with Crippen LogP contribution in [-0.2, 0) is 0 Å². The van der Waals surface area contributed by atoms with Gasteiger partial charge in [0.2, 0.25) is 0 Å². The van der Waals surface area contributed by atoms with E-state index >= 15 is 0 Å². The van der Waals surface area contributed by atoms with E-state index in [1.807, 2.05) is 19.9 Å². The van der Waals surface area contributed by atoms with Gasteiger partial charge >= 0.3 is 12.0 Å². The molecule has 0 aliphatic heterocycles. The summed E-state index contributed by atoms with van der Waals surface area (Å²) < 4.78 is 4.93. The van der Waals surface area contributed by atoms with Crippen molar-refractivity contribution in [2.75, 3.05) is 18.0 Å². The van der Waals surface area contributed by atoms with Gasteiger partial charge in [-0.2, -0.15) is 4.98 Å². The first-order chi connectivity index (χ1) is 10.2. The number of aromatic nitrogens is 1. The first-order valence-electron chi connectivity index (χ1n) is 6.59. The van der Waals surface area contributed by atoms with Crippen molar-refractivity contribution in [3.05, 3.63) is 36.2 Å². The van der Waals surface area contributed by atoms with E-state index in [2.05, 4.69) is 20.1 Å². The minimum absolute atomic E-state index is 0.0826. The van der Waals surface area contributed by atoms with Crippen LogP contribution >= 0.6 is 0 Å². The van der Waals surface area contributed by atoms with Gasteiger partial charge in [0.25, 0.3) is 0 Å². The maximum atomic E-state index is 11.4. The van der Waals surface area contributed by atoms with Crippen LogP contribution in [0.4, 0.5) is 17.4 Å². The van der Waals surface area contributed by atoms with Gasteiger partial charge in [-0.05, 0) is 32.0 Å². The molecule has 0 spiro atoms. The molecule has 110 valence electrons. The van der Waals surface area contributed by atoms with E-state index in [0.717, 1.165) is 18.8 Å². The number of carboxylic acids is 1. The number of aromatic carboxylic acids is 1. The van der Waals surface area contributed by atoms with Crippen molar-refractivity contribution in [1.29, 1.82) is 0 Å². The van der Waals surface area contributed by atoms with Gasteiger partial charge < -0.3 is 14.4 Å². The molecule has 0 unspecified atom stereocenters. The predicted molar refractivity (Wildman–Crippen MR) is 77.6 cm³/mol. The van der Waals surface area contributed by atoms with E-state index in [4.69, 9.17) is 4.42 Å². The molecule has 0 saturated carbocycles. The topological polar surface area (TPSA) is 91.3 Å². The summed E-state index contributed by atoms with van der Waals surface area (Å²) in [6.45, 7) is 5.62. The second-order valence-electron chi connectivity index (χ2n) is 4.19. The monoisotopic (exact) mass is 288 g/mol. The van der Waals surface area contributed by atoms with Crippen molar-refractivity contribution in [2.45, 2.75) is 13.8 Å². The third kappa shape index (κ3) is 3.44. The van der Waals surface area contributed by atoms with Crippen LogP contribution in [0.25, 0.3) is 0 Å². The number of hydrogen-bond donors (Lipinski definition) is 1. The van der Waals surface area contributed by atoms with Crippen molar-refractivity contribution >= 4 is 23.4 Å². The molecule has 1 aromatic heterocycles. The molecular formula is C14H16N4O3. The molecule has 0 amide bonds. The smallest absolute Gasteiger partial charge is 0.340 e. The Kier molecular flexibility index (Phi) is 4.65. The summed E-state index contributed by atoms with van der Waals surface area (Å²) in [5, 5.41) is 17.0. The van der Waals surface area contributed by atoms with E-state index in [1.54, 1.807) is 12.1 Å². The van der Waals surface area contributed by atoms with Gasteiger partial charge in [-0.25, -0.2) is 4.79 Å². The molecule has 0 radical (unpaired) electrons. The summed E-state index contributed by atoms with van der Waals surface area (Å²) in [7, 11) is 0. The normalized spacial score (nSPS) is 11.0. The first-order valence-corrected chi connectivity index (χ1v) is 6.59. The van der Waals surface area contributed by atoms with Gasteiger partial charge in [-0.3, -0.25) is 0 Å². The van der Waals surface area contributed by atoms with Crippen LogP contribution in [-0.4, -0.2) is 29.1 Å². The summed E-state index contributed by atoms with van der Waals surface area (Å²) in [4.78, 5) is 17.2. The highest BCUT2D eigenvalue weighted by Gasteiger charge is 2.13. The zero-order valence-corrected chi connectivity index (χ0v) is 11.9. The minimum atomic E-state index is -1.05. The molecule has 2 rings (SSSR count). The Morgan fingerprint density at radius 2 is 2.10 bits per heavy atom. The fourth-order valence-electron chi connectivity index (χ4n) is 1.93. The summed E-state index contributed by atoms with van der Waals surface area (Å²) >= 11 is 0. The molecule has 0 aliphatic rings. The van der Waals surface area contributed by atoms with E-state index in [-0.39, 0.29) is 17.3 Å². The average molecular weight is 288 g/mol. The molecule has 21 heavy (non-hydrogen) atoms. The average Bonchev–Trinajstić information content (AvgIpc) is 3.00. The highest BCUT2D eigenvalue weighted by Crippen LogP contribution is 2.27. The standard InChI is InChI=1S/C14H16N4O3/c1-3-18(4-2)10-5-6-12(11(9-10)13(19)20)16-17-14-15-7-8-21-14/h5-9H,3-4H2,1-2H3,(H,19,20). The molecular weight excluding hydrogens is 272 g/mol. The van der Waals surface area contributed by atoms with E-state index < -0.39 is 5.97 Å². The van der Waals surface area contributed by atoms with Gasteiger partial charge in [-0.15, -0.1) is 5.11 Å². The Morgan fingerprint density at radius 1 is 1.33 bits per heavy atom. The number of azo groups is 1. The molecule has 7 nitrogen and oxygen atoms in total. The molecule has 0 atom stereocenters. The number of carboxylic acid groups (broad SMARTS) is 1. The van der Waals surface area contributed by atoms with Crippen LogP contribution in [0.3, 0.4) is 0 Å². The number of anilines is 1. The summed E-state index contributed by atoms with van der Waals surface area (Å²) in [6, 6.07) is 5.13. The van der Waals surface area contributed by atoms with Crippen LogP contribution < -0.4 is 4.90 Å². The number of oxazole rings is 1. The number of hydrogen-bond acceptors (Lipinski definition) is 6. The Bertz CT molecular complexity index is 634. The Labute approximate surface area is 121 Å². The quantitative estimate of drug-likeness (QED) is 0.819. The third-order valence-corrected chi connectivity index (χ3v) is 3.00. The molecule has 2 aromatic rings. The molecule has 0 aliphatic carbocycles. The van der Waals surface area contributed by atoms with Crippen LogP contribution in [0.1, 0.15) is 24.2 Å². The lowest BCUT2D eigenvalue weighted by Gasteiger charge is -2.21. The Balaban J connectivity index is 2.35. The van der Waals surface area contributed by atoms with Crippen molar-refractivity contribution in [1.82, 2.24) is 4.98 Å². The minimum Gasteiger partial charge on any atom is -0.478 e. The highest BCUT2D eigenvalue weighted by atomic mass is 16.4. The molecule has 7 heteroatoms. The summed E-state index contributed by atoms with van der Waals surface area (Å²) in [5.74, 6) is -1.05. The van der Waals surface area contributed by atoms with Crippen LogP contribution in [0, 0.1) is 0 Å². The maximum absolute atomic E-state index is 11.4. The van der Waals surface area contributed by atoms with Gasteiger partial charge in [0, 0.05) is 18.8 Å². The predicted octanol–water partition coefficient (Wildman–Crippen LogP) is 3.63. The number of carbonyl (C=O) groups is 1. The summed E-state index contributed by atoms with van der Waals surface area (Å²) in [6.07, 6.45) is 2.81. The van der Waals surface area contributed by atoms with E-state index in [9.17, 15) is 9.90 Å². The molecule has 0 saturated heterocycles. The fourth-order valence-corrected chi connectivity index (χ4v) is 1.93. The van der Waals surface area contributed by atoms with Crippen LogP contribution in [0.15, 0.2) is 45.3 Å². The van der Waals surface area contributed by atoms with Gasteiger partial charge in [0.05, 0.1) is 11.8 Å². The van der Waals surface area contributed by atoms with Crippen LogP contribution in [0.5, 0.6) is 0 Å². The lowest BCUT2D eigenvalue weighted by Crippen LogP contribution is -2.22. The number of rotatable bonds is 6. The van der Waals surface area contributed by atoms with Crippen molar-refractivity contribution in [3.63, 3.8) is 0 Å². The second-order valence-corrected chi connectivity index (χ2v) is 4.19. The first kappa shape index (κ1) is 14.7. The van der Waals surface area contributed by atoms with Gasteiger partial charge in [0.1, 0.15) is 12.0 Å².